The molecule has 0 radical (unpaired) electrons. The molecule has 1 aromatic heterocycles. The summed E-state index contributed by atoms with van der Waals surface area (Å²) in [6.45, 7) is 2.08. The molecular formula is C15H15BrN2O3. The van der Waals surface area contributed by atoms with Crippen LogP contribution in [-0.2, 0) is 4.79 Å². The molecule has 5 nitrogen and oxygen atoms in total. The summed E-state index contributed by atoms with van der Waals surface area (Å²) in [7, 11) is 0. The second kappa shape index (κ2) is 4.87. The lowest BCUT2D eigenvalue weighted by atomic mass is 9.99. The van der Waals surface area contributed by atoms with Crippen LogP contribution in [0.2, 0.25) is 0 Å². The zero-order valence-electron chi connectivity index (χ0n) is 11.5. The third kappa shape index (κ3) is 2.23. The van der Waals surface area contributed by atoms with Crippen LogP contribution in [-0.4, -0.2) is 39.0 Å². The van der Waals surface area contributed by atoms with Crippen molar-refractivity contribution in [2.75, 3.05) is 6.54 Å². The summed E-state index contributed by atoms with van der Waals surface area (Å²) in [5.74, 6) is -1.21. The van der Waals surface area contributed by atoms with Gasteiger partial charge in [-0.3, -0.25) is 4.79 Å². The van der Waals surface area contributed by atoms with Gasteiger partial charge < -0.3 is 15.0 Å². The van der Waals surface area contributed by atoms with Crippen LogP contribution in [0, 0.1) is 0 Å². The monoisotopic (exact) mass is 350 g/mol. The molecule has 1 atom stereocenters. The van der Waals surface area contributed by atoms with E-state index in [0.717, 1.165) is 15.4 Å². The molecule has 1 saturated heterocycles. The Morgan fingerprint density at radius 2 is 2.14 bits per heavy atom. The summed E-state index contributed by atoms with van der Waals surface area (Å²) in [5.41, 5.74) is 0.171. The van der Waals surface area contributed by atoms with Crippen molar-refractivity contribution in [1.29, 1.82) is 0 Å². The number of nitrogens with zero attached hydrogens (tertiary/aromatic N) is 1. The molecule has 1 fully saturated rings. The van der Waals surface area contributed by atoms with Crippen molar-refractivity contribution < 1.29 is 14.7 Å². The molecule has 3 rings (SSSR count). The molecule has 0 bridgehead atoms. The predicted octanol–water partition coefficient (Wildman–Crippen LogP) is 3.01. The van der Waals surface area contributed by atoms with Crippen molar-refractivity contribution in [1.82, 2.24) is 9.88 Å². The third-order valence-corrected chi connectivity index (χ3v) is 4.65. The number of likely N-dealkylation sites (tertiary alicyclic amines) is 1. The first-order valence-corrected chi connectivity index (χ1v) is 7.55. The molecule has 1 aliphatic rings. The minimum absolute atomic E-state index is 0.260. The Balaban J connectivity index is 1.98. The van der Waals surface area contributed by atoms with Crippen LogP contribution in [0.1, 0.15) is 30.3 Å². The van der Waals surface area contributed by atoms with Gasteiger partial charge in [0.1, 0.15) is 11.2 Å². The fourth-order valence-corrected chi connectivity index (χ4v) is 3.25. The molecule has 2 N–H and O–H groups in total. The van der Waals surface area contributed by atoms with Crippen LogP contribution in [0.5, 0.6) is 0 Å². The average Bonchev–Trinajstić information content (AvgIpc) is 3.01. The van der Waals surface area contributed by atoms with Crippen molar-refractivity contribution in [2.45, 2.75) is 25.3 Å². The number of carbonyl (C=O) groups is 2. The number of hydrogen-bond donors (Lipinski definition) is 2. The molecule has 21 heavy (non-hydrogen) atoms. The van der Waals surface area contributed by atoms with Gasteiger partial charge in [-0.15, -0.1) is 0 Å². The van der Waals surface area contributed by atoms with Gasteiger partial charge >= 0.3 is 5.97 Å². The maximum Gasteiger partial charge on any atom is 0.329 e. The molecule has 1 aromatic carbocycles. The van der Waals surface area contributed by atoms with Crippen molar-refractivity contribution in [3.05, 3.63) is 34.4 Å². The molecule has 1 aliphatic heterocycles. The first-order chi connectivity index (χ1) is 9.91. The van der Waals surface area contributed by atoms with Crippen molar-refractivity contribution in [3.8, 4) is 0 Å². The van der Waals surface area contributed by atoms with E-state index < -0.39 is 11.5 Å². The summed E-state index contributed by atoms with van der Waals surface area (Å²) in [6, 6.07) is 7.47. The van der Waals surface area contributed by atoms with Gasteiger partial charge in [-0.1, -0.05) is 15.9 Å². The lowest BCUT2D eigenvalue weighted by Crippen LogP contribution is -2.50. The lowest BCUT2D eigenvalue weighted by Gasteiger charge is -2.30. The van der Waals surface area contributed by atoms with Gasteiger partial charge in [-0.25, -0.2) is 4.79 Å². The van der Waals surface area contributed by atoms with Crippen LogP contribution in [0.4, 0.5) is 0 Å². The lowest BCUT2D eigenvalue weighted by molar-refractivity contribution is -0.147. The number of halogens is 1. The third-order valence-electron chi connectivity index (χ3n) is 4.16. The van der Waals surface area contributed by atoms with E-state index in [9.17, 15) is 14.7 Å². The van der Waals surface area contributed by atoms with Gasteiger partial charge in [0.15, 0.2) is 0 Å². The first-order valence-electron chi connectivity index (χ1n) is 6.75. The number of H-pyrrole nitrogens is 1. The van der Waals surface area contributed by atoms with Gasteiger partial charge in [-0.2, -0.15) is 0 Å². The quantitative estimate of drug-likeness (QED) is 0.874. The Labute approximate surface area is 130 Å². The number of amides is 1. The molecule has 2 heterocycles. The van der Waals surface area contributed by atoms with E-state index in [1.807, 2.05) is 18.2 Å². The highest BCUT2D eigenvalue weighted by Gasteiger charge is 2.46. The molecule has 0 spiro atoms. The molecule has 6 heteroatoms. The van der Waals surface area contributed by atoms with Gasteiger partial charge in [0, 0.05) is 21.9 Å². The summed E-state index contributed by atoms with van der Waals surface area (Å²) in [4.78, 5) is 28.6. The highest BCUT2D eigenvalue weighted by Crippen LogP contribution is 2.31. The SMILES string of the molecule is CC1(C(=O)O)CCCN1C(=O)c1cc2cc(Br)ccc2[nH]1. The minimum Gasteiger partial charge on any atom is -0.480 e. The van der Waals surface area contributed by atoms with Crippen molar-refractivity contribution >= 4 is 38.7 Å². The highest BCUT2D eigenvalue weighted by molar-refractivity contribution is 9.10. The topological polar surface area (TPSA) is 73.4 Å². The Bertz CT molecular complexity index is 740. The summed E-state index contributed by atoms with van der Waals surface area (Å²) < 4.78 is 0.935. The Kier molecular flexibility index (Phi) is 3.28. The van der Waals surface area contributed by atoms with Crippen LogP contribution in [0.25, 0.3) is 10.9 Å². The van der Waals surface area contributed by atoms with E-state index in [2.05, 4.69) is 20.9 Å². The molecule has 1 unspecified atom stereocenters. The molecular weight excluding hydrogens is 336 g/mol. The zero-order valence-corrected chi connectivity index (χ0v) is 13.1. The number of nitrogens with one attached hydrogen (secondary N) is 1. The Hall–Kier alpha value is -1.82. The maximum absolute atomic E-state index is 12.6. The number of hydrogen-bond acceptors (Lipinski definition) is 2. The van der Waals surface area contributed by atoms with E-state index in [0.29, 0.717) is 25.1 Å². The van der Waals surface area contributed by atoms with Crippen LogP contribution in [0.15, 0.2) is 28.7 Å². The second-order valence-electron chi connectivity index (χ2n) is 5.55. The number of aliphatic carboxylic acids is 1. The fourth-order valence-electron chi connectivity index (χ4n) is 2.88. The van der Waals surface area contributed by atoms with Gasteiger partial charge in [0.2, 0.25) is 0 Å². The summed E-state index contributed by atoms with van der Waals surface area (Å²) in [6.07, 6.45) is 1.19. The van der Waals surface area contributed by atoms with Gasteiger partial charge in [0.25, 0.3) is 5.91 Å². The number of aromatic amines is 1. The Morgan fingerprint density at radius 1 is 1.38 bits per heavy atom. The zero-order chi connectivity index (χ0) is 15.2. The van der Waals surface area contributed by atoms with E-state index in [-0.39, 0.29) is 5.91 Å². The van der Waals surface area contributed by atoms with Crippen molar-refractivity contribution in [3.63, 3.8) is 0 Å². The number of aromatic nitrogens is 1. The smallest absolute Gasteiger partial charge is 0.329 e. The van der Waals surface area contributed by atoms with Gasteiger partial charge in [0.05, 0.1) is 0 Å². The number of benzene rings is 1. The van der Waals surface area contributed by atoms with Crippen LogP contribution < -0.4 is 0 Å². The molecule has 0 saturated carbocycles. The number of carboxylic acid groups (broad SMARTS) is 1. The number of carbonyl (C=O) groups excluding carboxylic acids is 1. The van der Waals surface area contributed by atoms with Gasteiger partial charge in [-0.05, 0) is 44.0 Å². The first kappa shape index (κ1) is 14.1. The maximum atomic E-state index is 12.6. The highest BCUT2D eigenvalue weighted by atomic mass is 79.9. The Morgan fingerprint density at radius 3 is 2.86 bits per heavy atom. The summed E-state index contributed by atoms with van der Waals surface area (Å²) >= 11 is 3.40. The largest absolute Gasteiger partial charge is 0.480 e. The minimum atomic E-state index is -1.12. The molecule has 110 valence electrons. The second-order valence-corrected chi connectivity index (χ2v) is 6.47. The van der Waals surface area contributed by atoms with Crippen LogP contribution in [0.3, 0.4) is 0 Å². The molecule has 1 amide bonds. The number of fused-ring (bicyclic) bond motifs is 1. The standard InChI is InChI=1S/C15H15BrN2O3/c1-15(14(20)21)5-2-6-18(15)13(19)12-8-9-7-10(16)3-4-11(9)17-12/h3-4,7-8,17H,2,5-6H2,1H3,(H,20,21). The predicted molar refractivity (Wildman–Crippen MR) is 82.3 cm³/mol. The van der Waals surface area contributed by atoms with E-state index in [4.69, 9.17) is 0 Å². The number of carboxylic acids is 1. The average molecular weight is 351 g/mol. The van der Waals surface area contributed by atoms with E-state index >= 15 is 0 Å². The van der Waals surface area contributed by atoms with E-state index in [1.54, 1.807) is 13.0 Å². The normalized spacial score (nSPS) is 21.9. The molecule has 0 aliphatic carbocycles. The fraction of sp³-hybridized carbons (Fsp3) is 0.333. The van der Waals surface area contributed by atoms with Crippen molar-refractivity contribution in [2.24, 2.45) is 0 Å². The van der Waals surface area contributed by atoms with Crippen LogP contribution >= 0.6 is 15.9 Å². The summed E-state index contributed by atoms with van der Waals surface area (Å²) in [5, 5.41) is 10.3. The van der Waals surface area contributed by atoms with E-state index in [1.165, 1.54) is 4.90 Å². The molecule has 2 aromatic rings. The number of rotatable bonds is 2.